The van der Waals surface area contributed by atoms with Crippen LogP contribution in [0.25, 0.3) is 5.78 Å². The third-order valence-electron chi connectivity index (χ3n) is 3.33. The van der Waals surface area contributed by atoms with Crippen LogP contribution in [-0.4, -0.2) is 25.3 Å². The van der Waals surface area contributed by atoms with Crippen molar-refractivity contribution in [3.8, 4) is 0 Å². The Hall–Kier alpha value is -2.96. The number of pyridine rings is 1. The van der Waals surface area contributed by atoms with Crippen LogP contribution in [0.3, 0.4) is 0 Å². The summed E-state index contributed by atoms with van der Waals surface area (Å²) in [4.78, 5) is 24.9. The number of hydrogen-bond acceptors (Lipinski definition) is 5. The van der Waals surface area contributed by atoms with Crippen LogP contribution in [0.15, 0.2) is 42.9 Å². The fourth-order valence-corrected chi connectivity index (χ4v) is 2.21. The van der Waals surface area contributed by atoms with E-state index in [2.05, 4.69) is 20.3 Å². The Kier molecular flexibility index (Phi) is 3.69. The number of nitrogens with one attached hydrogen (secondary N) is 1. The summed E-state index contributed by atoms with van der Waals surface area (Å²) in [5, 5.41) is 2.93. The van der Waals surface area contributed by atoms with E-state index in [4.69, 9.17) is 5.73 Å². The molecule has 0 saturated heterocycles. The molecule has 112 valence electrons. The van der Waals surface area contributed by atoms with E-state index in [1.807, 2.05) is 29.8 Å². The maximum atomic E-state index is 12.3. The minimum atomic E-state index is -0.274. The number of rotatable bonds is 4. The Morgan fingerprint density at radius 1 is 1.36 bits per heavy atom. The van der Waals surface area contributed by atoms with Gasteiger partial charge in [0, 0.05) is 18.6 Å². The van der Waals surface area contributed by atoms with Crippen LogP contribution in [-0.2, 0) is 0 Å². The number of carbonyl (C=O) groups excluding carboxylic acids is 1. The van der Waals surface area contributed by atoms with Crippen molar-refractivity contribution >= 4 is 17.5 Å². The van der Waals surface area contributed by atoms with Gasteiger partial charge < -0.3 is 11.1 Å². The molecule has 0 aromatic carbocycles. The summed E-state index contributed by atoms with van der Waals surface area (Å²) in [7, 11) is 0. The molecule has 3 rings (SSSR count). The monoisotopic (exact) mass is 296 g/mol. The van der Waals surface area contributed by atoms with Gasteiger partial charge in [-0.15, -0.1) is 0 Å². The smallest absolute Gasteiger partial charge is 0.270 e. The second kappa shape index (κ2) is 5.80. The van der Waals surface area contributed by atoms with Crippen molar-refractivity contribution in [3.63, 3.8) is 0 Å². The molecule has 7 heteroatoms. The van der Waals surface area contributed by atoms with Gasteiger partial charge in [-0.25, -0.2) is 15.0 Å². The summed E-state index contributed by atoms with van der Waals surface area (Å²) in [6, 6.07) is 6.59. The fraction of sp³-hybridized carbons (Fsp3) is 0.200. The molecule has 0 fully saturated rings. The Bertz CT molecular complexity index is 779. The van der Waals surface area contributed by atoms with E-state index in [1.54, 1.807) is 24.4 Å². The highest BCUT2D eigenvalue weighted by atomic mass is 16.1. The van der Waals surface area contributed by atoms with E-state index in [-0.39, 0.29) is 11.9 Å². The van der Waals surface area contributed by atoms with Crippen LogP contribution in [0, 0.1) is 0 Å². The van der Waals surface area contributed by atoms with E-state index in [9.17, 15) is 4.79 Å². The van der Waals surface area contributed by atoms with Crippen molar-refractivity contribution < 1.29 is 4.79 Å². The van der Waals surface area contributed by atoms with Gasteiger partial charge in [-0.05, 0) is 24.6 Å². The molecule has 3 aromatic rings. The van der Waals surface area contributed by atoms with Crippen LogP contribution in [0.5, 0.6) is 0 Å². The fourth-order valence-electron chi connectivity index (χ4n) is 2.21. The van der Waals surface area contributed by atoms with Crippen LogP contribution < -0.4 is 11.1 Å². The number of carbonyl (C=O) groups is 1. The number of imidazole rings is 1. The van der Waals surface area contributed by atoms with Crippen molar-refractivity contribution in [2.24, 2.45) is 0 Å². The topological polar surface area (TPSA) is 98.2 Å². The quantitative estimate of drug-likeness (QED) is 0.761. The van der Waals surface area contributed by atoms with Crippen molar-refractivity contribution in [1.29, 1.82) is 0 Å². The molecule has 3 aromatic heterocycles. The van der Waals surface area contributed by atoms with Crippen LogP contribution in [0.1, 0.15) is 35.6 Å². The predicted octanol–water partition coefficient (Wildman–Crippen LogP) is 1.59. The molecule has 0 aliphatic rings. The standard InChI is InChI=1S/C15H16N6O/c1-2-10(12-9-21-8-4-7-17-15(21)20-12)19-14(22)11-5-3-6-13(16)18-11/h3-10H,2H2,1H3,(H2,16,18)(H,19,22)/t10-/m0/s1. The van der Waals surface area contributed by atoms with Gasteiger partial charge in [-0.3, -0.25) is 9.20 Å². The average molecular weight is 296 g/mol. The summed E-state index contributed by atoms with van der Waals surface area (Å²) in [6.07, 6.45) is 6.12. The summed E-state index contributed by atoms with van der Waals surface area (Å²) in [5.74, 6) is 0.647. The number of amides is 1. The predicted molar refractivity (Wildman–Crippen MR) is 82.1 cm³/mol. The second-order valence-electron chi connectivity index (χ2n) is 4.87. The Labute approximate surface area is 127 Å². The average Bonchev–Trinajstić information content (AvgIpc) is 2.96. The number of anilines is 1. The second-order valence-corrected chi connectivity index (χ2v) is 4.87. The molecule has 0 spiro atoms. The molecule has 0 unspecified atom stereocenters. The van der Waals surface area contributed by atoms with Gasteiger partial charge in [0.15, 0.2) is 0 Å². The molecule has 1 amide bonds. The van der Waals surface area contributed by atoms with Gasteiger partial charge in [0.25, 0.3) is 5.91 Å². The molecule has 7 nitrogen and oxygen atoms in total. The molecule has 0 aliphatic heterocycles. The Morgan fingerprint density at radius 3 is 2.95 bits per heavy atom. The molecule has 1 atom stereocenters. The first-order valence-electron chi connectivity index (χ1n) is 7.00. The van der Waals surface area contributed by atoms with Gasteiger partial charge in [0.2, 0.25) is 5.78 Å². The maximum absolute atomic E-state index is 12.3. The van der Waals surface area contributed by atoms with Crippen LogP contribution in [0.4, 0.5) is 5.82 Å². The number of fused-ring (bicyclic) bond motifs is 1. The minimum absolute atomic E-state index is 0.211. The molecule has 22 heavy (non-hydrogen) atoms. The number of nitrogens with zero attached hydrogens (tertiary/aromatic N) is 4. The molecule has 0 saturated carbocycles. The molecule has 3 heterocycles. The molecule has 0 aliphatic carbocycles. The van der Waals surface area contributed by atoms with Gasteiger partial charge in [-0.2, -0.15) is 0 Å². The first-order chi connectivity index (χ1) is 10.7. The van der Waals surface area contributed by atoms with Crippen molar-refractivity contribution in [3.05, 3.63) is 54.2 Å². The lowest BCUT2D eigenvalue weighted by atomic mass is 10.1. The highest BCUT2D eigenvalue weighted by Crippen LogP contribution is 2.16. The summed E-state index contributed by atoms with van der Waals surface area (Å²) >= 11 is 0. The van der Waals surface area contributed by atoms with E-state index in [1.165, 1.54) is 0 Å². The van der Waals surface area contributed by atoms with E-state index in [0.29, 0.717) is 23.7 Å². The maximum Gasteiger partial charge on any atom is 0.270 e. The SMILES string of the molecule is CC[C@H](NC(=O)c1cccc(N)n1)c1cn2cccnc2n1. The largest absolute Gasteiger partial charge is 0.384 e. The van der Waals surface area contributed by atoms with E-state index in [0.717, 1.165) is 5.69 Å². The lowest BCUT2D eigenvalue weighted by Crippen LogP contribution is -2.29. The Morgan fingerprint density at radius 2 is 2.23 bits per heavy atom. The highest BCUT2D eigenvalue weighted by Gasteiger charge is 2.18. The number of aromatic nitrogens is 4. The zero-order valence-electron chi connectivity index (χ0n) is 12.1. The molecular formula is C15H16N6O. The number of nitrogens with two attached hydrogens (primary N) is 1. The molecule has 3 N–H and O–H groups in total. The lowest BCUT2D eigenvalue weighted by Gasteiger charge is -2.14. The zero-order valence-corrected chi connectivity index (χ0v) is 12.1. The molecular weight excluding hydrogens is 280 g/mol. The van der Waals surface area contributed by atoms with Crippen LogP contribution in [0.2, 0.25) is 0 Å². The molecule has 0 bridgehead atoms. The zero-order chi connectivity index (χ0) is 15.5. The first-order valence-corrected chi connectivity index (χ1v) is 7.00. The van der Waals surface area contributed by atoms with Crippen molar-refractivity contribution in [2.45, 2.75) is 19.4 Å². The highest BCUT2D eigenvalue weighted by molar-refractivity contribution is 5.92. The van der Waals surface area contributed by atoms with Gasteiger partial charge in [0.1, 0.15) is 11.5 Å². The van der Waals surface area contributed by atoms with Crippen molar-refractivity contribution in [2.75, 3.05) is 5.73 Å². The number of hydrogen-bond donors (Lipinski definition) is 2. The third-order valence-corrected chi connectivity index (χ3v) is 3.33. The Balaban J connectivity index is 1.83. The van der Waals surface area contributed by atoms with E-state index >= 15 is 0 Å². The van der Waals surface area contributed by atoms with Gasteiger partial charge in [-0.1, -0.05) is 13.0 Å². The summed E-state index contributed by atoms with van der Waals surface area (Å²) in [5.41, 5.74) is 6.66. The van der Waals surface area contributed by atoms with Gasteiger partial charge >= 0.3 is 0 Å². The molecule has 0 radical (unpaired) electrons. The van der Waals surface area contributed by atoms with E-state index < -0.39 is 0 Å². The summed E-state index contributed by atoms with van der Waals surface area (Å²) in [6.45, 7) is 1.98. The lowest BCUT2D eigenvalue weighted by molar-refractivity contribution is 0.0930. The van der Waals surface area contributed by atoms with Crippen LogP contribution >= 0.6 is 0 Å². The number of nitrogen functional groups attached to an aromatic ring is 1. The normalized spacial score (nSPS) is 12.2. The van der Waals surface area contributed by atoms with Gasteiger partial charge in [0.05, 0.1) is 11.7 Å². The summed E-state index contributed by atoms with van der Waals surface area (Å²) < 4.78 is 1.82. The third kappa shape index (κ3) is 2.73. The first kappa shape index (κ1) is 14.0. The minimum Gasteiger partial charge on any atom is -0.384 e. The van der Waals surface area contributed by atoms with Crippen molar-refractivity contribution in [1.82, 2.24) is 24.7 Å².